The van der Waals surface area contributed by atoms with Gasteiger partial charge in [0.15, 0.2) is 11.2 Å². The van der Waals surface area contributed by atoms with E-state index in [1.165, 1.54) is 23.5 Å². The monoisotopic (exact) mass is 372 g/mol. The van der Waals surface area contributed by atoms with Crippen molar-refractivity contribution in [1.82, 2.24) is 4.98 Å². The Kier molecular flexibility index (Phi) is 4.70. The number of ether oxygens (including phenoxy) is 2. The molecule has 1 atom stereocenters. The number of Topliss-reactive ketones (excluding diaryl/α,β-unsaturated/α-hetero) is 1. The van der Waals surface area contributed by atoms with Crippen molar-refractivity contribution >= 4 is 51.5 Å². The summed E-state index contributed by atoms with van der Waals surface area (Å²) in [5, 5.41) is 5.09. The van der Waals surface area contributed by atoms with Crippen molar-refractivity contribution in [3.63, 3.8) is 0 Å². The summed E-state index contributed by atoms with van der Waals surface area (Å²) in [6, 6.07) is 2.90. The van der Waals surface area contributed by atoms with Crippen LogP contribution < -0.4 is 10.1 Å². The van der Waals surface area contributed by atoms with Crippen LogP contribution in [0.5, 0.6) is 5.75 Å². The first-order chi connectivity index (χ1) is 11.0. The van der Waals surface area contributed by atoms with Crippen LogP contribution in [0, 0.1) is 0 Å². The number of aromatic nitrogens is 1. The molecule has 0 bridgehead atoms. The molecule has 0 fully saturated rings. The number of carbonyl (C=O) groups excluding carboxylic acids is 2. The number of ketones is 1. The molecule has 1 amide bonds. The first-order valence-corrected chi connectivity index (χ1v) is 8.21. The Morgan fingerprint density at radius 1 is 1.39 bits per heavy atom. The second-order valence-electron chi connectivity index (χ2n) is 4.62. The lowest BCUT2D eigenvalue weighted by Crippen LogP contribution is -2.29. The quantitative estimate of drug-likeness (QED) is 0.860. The Morgan fingerprint density at radius 2 is 2.17 bits per heavy atom. The van der Waals surface area contributed by atoms with Gasteiger partial charge in [0.1, 0.15) is 5.75 Å². The summed E-state index contributed by atoms with van der Waals surface area (Å²) in [5.74, 6) is -0.0545. The largest absolute Gasteiger partial charge is 0.493 e. The Labute approximate surface area is 145 Å². The van der Waals surface area contributed by atoms with Gasteiger partial charge < -0.3 is 9.47 Å². The number of thiazole rings is 1. The molecule has 0 saturated carbocycles. The van der Waals surface area contributed by atoms with Gasteiger partial charge in [0.25, 0.3) is 0 Å². The van der Waals surface area contributed by atoms with E-state index < -0.39 is 12.2 Å². The topological polar surface area (TPSA) is 77.5 Å². The highest BCUT2D eigenvalue weighted by molar-refractivity contribution is 7.13. The number of hydrogen-bond acceptors (Lipinski definition) is 6. The van der Waals surface area contributed by atoms with Crippen molar-refractivity contribution in [1.29, 1.82) is 0 Å². The highest BCUT2D eigenvalue weighted by Crippen LogP contribution is 2.33. The van der Waals surface area contributed by atoms with E-state index in [2.05, 4.69) is 10.3 Å². The zero-order valence-corrected chi connectivity index (χ0v) is 13.9. The minimum atomic E-state index is -0.964. The van der Waals surface area contributed by atoms with Gasteiger partial charge in [-0.3, -0.25) is 10.1 Å². The number of benzene rings is 1. The van der Waals surface area contributed by atoms with Gasteiger partial charge in [0.2, 0.25) is 5.78 Å². The SMILES string of the molecule is O=C(Nc1nccs1)OC1CCOc2cc(Cl)c(Cl)cc2C1=O. The number of rotatable bonds is 2. The van der Waals surface area contributed by atoms with Crippen LogP contribution >= 0.6 is 34.5 Å². The van der Waals surface area contributed by atoms with Crippen molar-refractivity contribution in [2.24, 2.45) is 0 Å². The van der Waals surface area contributed by atoms with Crippen molar-refractivity contribution in [3.8, 4) is 5.75 Å². The third-order valence-electron chi connectivity index (χ3n) is 3.11. The van der Waals surface area contributed by atoms with Crippen LogP contribution in [-0.2, 0) is 4.74 Å². The minimum Gasteiger partial charge on any atom is -0.493 e. The Bertz CT molecular complexity index is 751. The first kappa shape index (κ1) is 16.0. The van der Waals surface area contributed by atoms with Gasteiger partial charge in [-0.2, -0.15) is 0 Å². The van der Waals surface area contributed by atoms with Crippen molar-refractivity contribution in [2.75, 3.05) is 11.9 Å². The van der Waals surface area contributed by atoms with Crippen LogP contribution in [0.4, 0.5) is 9.93 Å². The molecule has 1 unspecified atom stereocenters. The van der Waals surface area contributed by atoms with E-state index in [0.717, 1.165) is 0 Å². The van der Waals surface area contributed by atoms with Gasteiger partial charge in [0.05, 0.1) is 22.2 Å². The summed E-state index contributed by atoms with van der Waals surface area (Å²) in [6.07, 6.45) is 0.0660. The zero-order chi connectivity index (χ0) is 16.4. The zero-order valence-electron chi connectivity index (χ0n) is 11.5. The van der Waals surface area contributed by atoms with E-state index in [4.69, 9.17) is 32.7 Å². The van der Waals surface area contributed by atoms with Crippen molar-refractivity contribution in [2.45, 2.75) is 12.5 Å². The summed E-state index contributed by atoms with van der Waals surface area (Å²) >= 11 is 13.1. The average molecular weight is 373 g/mol. The number of nitrogens with zero attached hydrogens (tertiary/aromatic N) is 1. The maximum absolute atomic E-state index is 12.5. The number of fused-ring (bicyclic) bond motifs is 1. The summed E-state index contributed by atoms with van der Waals surface area (Å²) in [6.45, 7) is 0.214. The molecule has 0 aliphatic carbocycles. The molecule has 120 valence electrons. The average Bonchev–Trinajstić information content (AvgIpc) is 2.96. The summed E-state index contributed by atoms with van der Waals surface area (Å²) in [4.78, 5) is 28.3. The van der Waals surface area contributed by atoms with Gasteiger partial charge in [0, 0.05) is 24.1 Å². The predicted molar refractivity (Wildman–Crippen MR) is 86.9 cm³/mol. The molecule has 9 heteroatoms. The lowest BCUT2D eigenvalue weighted by atomic mass is 10.0. The number of amides is 1. The molecule has 1 aromatic heterocycles. The van der Waals surface area contributed by atoms with E-state index in [1.807, 2.05) is 0 Å². The molecule has 1 aromatic carbocycles. The smallest absolute Gasteiger partial charge is 0.414 e. The van der Waals surface area contributed by atoms with Gasteiger partial charge >= 0.3 is 6.09 Å². The molecule has 1 aliphatic rings. The lowest BCUT2D eigenvalue weighted by Gasteiger charge is -2.14. The molecule has 2 aromatic rings. The normalized spacial score (nSPS) is 17.0. The van der Waals surface area contributed by atoms with Crippen LogP contribution in [0.1, 0.15) is 16.8 Å². The van der Waals surface area contributed by atoms with E-state index in [-0.39, 0.29) is 29.4 Å². The van der Waals surface area contributed by atoms with Crippen LogP contribution in [0.3, 0.4) is 0 Å². The molecule has 23 heavy (non-hydrogen) atoms. The van der Waals surface area contributed by atoms with Crippen LogP contribution in [0.15, 0.2) is 23.7 Å². The maximum atomic E-state index is 12.5. The summed E-state index contributed by atoms with van der Waals surface area (Å²) in [5.41, 5.74) is 0.240. The molecule has 3 rings (SSSR count). The predicted octanol–water partition coefficient (Wildman–Crippen LogP) is 4.03. The lowest BCUT2D eigenvalue weighted by molar-refractivity contribution is 0.0638. The number of anilines is 1. The summed E-state index contributed by atoms with van der Waals surface area (Å²) in [7, 11) is 0. The van der Waals surface area contributed by atoms with Gasteiger partial charge in [-0.1, -0.05) is 23.2 Å². The fraction of sp³-hybridized carbons (Fsp3) is 0.214. The van der Waals surface area contributed by atoms with Gasteiger partial charge in [-0.15, -0.1) is 11.3 Å². The molecule has 2 heterocycles. The Hall–Kier alpha value is -1.83. The Balaban J connectivity index is 1.77. The fourth-order valence-corrected chi connectivity index (χ4v) is 2.90. The highest BCUT2D eigenvalue weighted by atomic mass is 35.5. The molecule has 0 radical (unpaired) electrons. The third kappa shape index (κ3) is 3.57. The third-order valence-corrected chi connectivity index (χ3v) is 4.52. The second-order valence-corrected chi connectivity index (χ2v) is 6.33. The second kappa shape index (κ2) is 6.74. The molecular formula is C14H10Cl2N2O4S. The van der Waals surface area contributed by atoms with Crippen molar-refractivity contribution in [3.05, 3.63) is 39.3 Å². The molecule has 1 aliphatic heterocycles. The molecular weight excluding hydrogens is 363 g/mol. The van der Waals surface area contributed by atoms with Crippen LogP contribution in [-0.4, -0.2) is 29.6 Å². The molecule has 0 saturated heterocycles. The highest BCUT2D eigenvalue weighted by Gasteiger charge is 2.30. The van der Waals surface area contributed by atoms with E-state index in [9.17, 15) is 9.59 Å². The maximum Gasteiger partial charge on any atom is 0.414 e. The number of nitrogens with one attached hydrogen (secondary N) is 1. The minimum absolute atomic E-state index is 0.214. The first-order valence-electron chi connectivity index (χ1n) is 6.58. The Morgan fingerprint density at radius 3 is 2.91 bits per heavy atom. The van der Waals surface area contributed by atoms with Crippen LogP contribution in [0.2, 0.25) is 10.0 Å². The van der Waals surface area contributed by atoms with Gasteiger partial charge in [-0.05, 0) is 6.07 Å². The fourth-order valence-electron chi connectivity index (χ4n) is 2.06. The standard InChI is InChI=1S/C14H10Cl2N2O4S/c15-8-5-7-11(6-9(8)16)21-3-1-10(12(7)19)22-14(20)18-13-17-2-4-23-13/h2,4-6,10H,1,3H2,(H,17,18,20). The molecule has 6 nitrogen and oxygen atoms in total. The van der Waals surface area contributed by atoms with E-state index >= 15 is 0 Å². The molecule has 0 spiro atoms. The number of carbonyl (C=O) groups is 2. The molecule has 1 N–H and O–H groups in total. The van der Waals surface area contributed by atoms with E-state index in [0.29, 0.717) is 15.9 Å². The van der Waals surface area contributed by atoms with Gasteiger partial charge in [-0.25, -0.2) is 9.78 Å². The van der Waals surface area contributed by atoms with E-state index in [1.54, 1.807) is 11.6 Å². The summed E-state index contributed by atoms with van der Waals surface area (Å²) < 4.78 is 10.7. The van der Waals surface area contributed by atoms with Crippen LogP contribution in [0.25, 0.3) is 0 Å². The number of halogens is 2. The number of hydrogen-bond donors (Lipinski definition) is 1. The van der Waals surface area contributed by atoms with Crippen molar-refractivity contribution < 1.29 is 19.1 Å².